The number of esters is 1. The molecule has 0 fully saturated rings. The maximum absolute atomic E-state index is 12.6. The molecule has 1 aromatic heterocycles. The number of amides is 1. The molecule has 1 heterocycles. The summed E-state index contributed by atoms with van der Waals surface area (Å²) in [6.07, 6.45) is 0.821. The summed E-state index contributed by atoms with van der Waals surface area (Å²) in [5, 5.41) is 2.85. The SMILES string of the molecule is CCCN(Cc1nc(C(=O)OC)cs1)C(=O)c1cccc(Cl)c1. The lowest BCUT2D eigenvalue weighted by atomic mass is 10.2. The van der Waals surface area contributed by atoms with Crippen LogP contribution in [0.3, 0.4) is 0 Å². The molecule has 0 aliphatic heterocycles. The van der Waals surface area contributed by atoms with Crippen LogP contribution in [-0.4, -0.2) is 35.4 Å². The van der Waals surface area contributed by atoms with Gasteiger partial charge in [0, 0.05) is 22.5 Å². The molecule has 0 aliphatic rings. The second-order valence-electron chi connectivity index (χ2n) is 4.86. The number of carbonyl (C=O) groups is 2. The summed E-state index contributed by atoms with van der Waals surface area (Å²) in [5.41, 5.74) is 0.801. The molecular weight excluding hydrogens is 336 g/mol. The van der Waals surface area contributed by atoms with Gasteiger partial charge in [-0.1, -0.05) is 24.6 Å². The molecule has 0 bridgehead atoms. The first kappa shape index (κ1) is 17.4. The van der Waals surface area contributed by atoms with Crippen LogP contribution in [0, 0.1) is 0 Å². The number of rotatable bonds is 6. The summed E-state index contributed by atoms with van der Waals surface area (Å²) < 4.78 is 4.64. The molecule has 0 saturated carbocycles. The topological polar surface area (TPSA) is 59.5 Å². The number of carbonyl (C=O) groups excluding carboxylic acids is 2. The van der Waals surface area contributed by atoms with E-state index in [1.165, 1.54) is 18.4 Å². The van der Waals surface area contributed by atoms with Crippen molar-refractivity contribution in [3.63, 3.8) is 0 Å². The second kappa shape index (κ2) is 8.08. The summed E-state index contributed by atoms with van der Waals surface area (Å²) in [6.45, 7) is 2.94. The van der Waals surface area contributed by atoms with Crippen molar-refractivity contribution >= 4 is 34.8 Å². The van der Waals surface area contributed by atoms with Gasteiger partial charge in [0.25, 0.3) is 5.91 Å². The van der Waals surface area contributed by atoms with Gasteiger partial charge in [-0.15, -0.1) is 11.3 Å². The standard InChI is InChI=1S/C16H17ClN2O3S/c1-3-7-19(15(20)11-5-4-6-12(17)8-11)9-14-18-13(10-23-14)16(21)22-2/h4-6,8,10H,3,7,9H2,1-2H3. The van der Waals surface area contributed by atoms with Gasteiger partial charge in [0.15, 0.2) is 5.69 Å². The first-order chi connectivity index (χ1) is 11.0. The van der Waals surface area contributed by atoms with Crippen molar-refractivity contribution in [1.29, 1.82) is 0 Å². The van der Waals surface area contributed by atoms with Crippen molar-refractivity contribution in [3.8, 4) is 0 Å². The molecule has 5 nitrogen and oxygen atoms in total. The van der Waals surface area contributed by atoms with Crippen LogP contribution in [0.4, 0.5) is 0 Å². The maximum Gasteiger partial charge on any atom is 0.357 e. The Kier molecular flexibility index (Phi) is 6.12. The van der Waals surface area contributed by atoms with E-state index in [-0.39, 0.29) is 11.6 Å². The fraction of sp³-hybridized carbons (Fsp3) is 0.312. The van der Waals surface area contributed by atoms with Gasteiger partial charge < -0.3 is 9.64 Å². The Balaban J connectivity index is 2.16. The summed E-state index contributed by atoms with van der Waals surface area (Å²) in [6, 6.07) is 6.86. The van der Waals surface area contributed by atoms with Crippen molar-refractivity contribution in [1.82, 2.24) is 9.88 Å². The van der Waals surface area contributed by atoms with E-state index in [2.05, 4.69) is 9.72 Å². The summed E-state index contributed by atoms with van der Waals surface area (Å²) in [4.78, 5) is 30.0. The van der Waals surface area contributed by atoms with E-state index in [0.29, 0.717) is 28.7 Å². The van der Waals surface area contributed by atoms with Crippen LogP contribution in [0.25, 0.3) is 0 Å². The number of nitrogens with zero attached hydrogens (tertiary/aromatic N) is 2. The molecule has 23 heavy (non-hydrogen) atoms. The zero-order valence-corrected chi connectivity index (χ0v) is 14.5. The van der Waals surface area contributed by atoms with Crippen molar-refractivity contribution in [3.05, 3.63) is 50.9 Å². The number of hydrogen-bond donors (Lipinski definition) is 0. The van der Waals surface area contributed by atoms with Crippen molar-refractivity contribution in [2.45, 2.75) is 19.9 Å². The Morgan fingerprint density at radius 2 is 2.17 bits per heavy atom. The van der Waals surface area contributed by atoms with E-state index >= 15 is 0 Å². The van der Waals surface area contributed by atoms with Gasteiger partial charge in [0.1, 0.15) is 5.01 Å². The summed E-state index contributed by atoms with van der Waals surface area (Å²) >= 11 is 7.28. The van der Waals surface area contributed by atoms with E-state index in [1.807, 2.05) is 6.92 Å². The number of ether oxygens (including phenoxy) is 1. The summed E-state index contributed by atoms with van der Waals surface area (Å²) in [7, 11) is 1.31. The maximum atomic E-state index is 12.6. The molecular formula is C16H17ClN2O3S. The molecule has 2 rings (SSSR count). The smallest absolute Gasteiger partial charge is 0.357 e. The Labute approximate surface area is 143 Å². The Hall–Kier alpha value is -1.92. The van der Waals surface area contributed by atoms with E-state index in [0.717, 1.165) is 6.42 Å². The molecule has 0 saturated heterocycles. The molecule has 0 spiro atoms. The molecule has 122 valence electrons. The van der Waals surface area contributed by atoms with Crippen LogP contribution in [0.15, 0.2) is 29.6 Å². The number of benzene rings is 1. The Morgan fingerprint density at radius 3 is 2.83 bits per heavy atom. The third kappa shape index (κ3) is 4.53. The summed E-state index contributed by atoms with van der Waals surface area (Å²) in [5.74, 6) is -0.583. The van der Waals surface area contributed by atoms with Gasteiger partial charge in [-0.2, -0.15) is 0 Å². The van der Waals surface area contributed by atoms with Gasteiger partial charge >= 0.3 is 5.97 Å². The lowest BCUT2D eigenvalue weighted by Crippen LogP contribution is -2.31. The Morgan fingerprint density at radius 1 is 1.39 bits per heavy atom. The fourth-order valence-electron chi connectivity index (χ4n) is 2.07. The minimum atomic E-state index is -0.476. The van der Waals surface area contributed by atoms with Crippen LogP contribution in [0.2, 0.25) is 5.02 Å². The van der Waals surface area contributed by atoms with Crippen molar-refractivity contribution < 1.29 is 14.3 Å². The van der Waals surface area contributed by atoms with E-state index < -0.39 is 5.97 Å². The van der Waals surface area contributed by atoms with Crippen molar-refractivity contribution in [2.75, 3.05) is 13.7 Å². The fourth-order valence-corrected chi connectivity index (χ4v) is 3.04. The molecule has 2 aromatic rings. The number of halogens is 1. The molecule has 0 atom stereocenters. The van der Waals surface area contributed by atoms with Crippen LogP contribution < -0.4 is 0 Å². The average molecular weight is 353 g/mol. The van der Waals surface area contributed by atoms with Crippen LogP contribution in [0.5, 0.6) is 0 Å². The largest absolute Gasteiger partial charge is 0.464 e. The molecule has 7 heteroatoms. The third-order valence-corrected chi connectivity index (χ3v) is 4.19. The minimum Gasteiger partial charge on any atom is -0.464 e. The van der Waals surface area contributed by atoms with Crippen LogP contribution in [0.1, 0.15) is 39.2 Å². The number of hydrogen-bond acceptors (Lipinski definition) is 5. The minimum absolute atomic E-state index is 0.107. The van der Waals surface area contributed by atoms with Gasteiger partial charge in [-0.25, -0.2) is 9.78 Å². The lowest BCUT2D eigenvalue weighted by molar-refractivity contribution is 0.0594. The lowest BCUT2D eigenvalue weighted by Gasteiger charge is -2.21. The first-order valence-corrected chi connectivity index (χ1v) is 8.38. The normalized spacial score (nSPS) is 10.4. The highest BCUT2D eigenvalue weighted by Gasteiger charge is 2.18. The van der Waals surface area contributed by atoms with Gasteiger partial charge in [0.05, 0.1) is 13.7 Å². The second-order valence-corrected chi connectivity index (χ2v) is 6.23. The molecule has 0 radical (unpaired) electrons. The van der Waals surface area contributed by atoms with Crippen molar-refractivity contribution in [2.24, 2.45) is 0 Å². The monoisotopic (exact) mass is 352 g/mol. The van der Waals surface area contributed by atoms with Gasteiger partial charge in [-0.3, -0.25) is 4.79 Å². The van der Waals surface area contributed by atoms with E-state index in [4.69, 9.17) is 11.6 Å². The van der Waals surface area contributed by atoms with Crippen LogP contribution >= 0.6 is 22.9 Å². The third-order valence-electron chi connectivity index (χ3n) is 3.12. The predicted molar refractivity (Wildman–Crippen MR) is 89.9 cm³/mol. The number of methoxy groups -OCH3 is 1. The average Bonchev–Trinajstić information content (AvgIpc) is 3.01. The molecule has 0 N–H and O–H groups in total. The Bertz CT molecular complexity index is 702. The molecule has 0 aliphatic carbocycles. The van der Waals surface area contributed by atoms with E-state index in [9.17, 15) is 9.59 Å². The number of thiazole rings is 1. The highest BCUT2D eigenvalue weighted by molar-refractivity contribution is 7.09. The molecule has 1 amide bonds. The van der Waals surface area contributed by atoms with Gasteiger partial charge in [0.2, 0.25) is 0 Å². The number of aromatic nitrogens is 1. The zero-order chi connectivity index (χ0) is 16.8. The van der Waals surface area contributed by atoms with Gasteiger partial charge in [-0.05, 0) is 24.6 Å². The highest BCUT2D eigenvalue weighted by Crippen LogP contribution is 2.17. The molecule has 1 aromatic carbocycles. The highest BCUT2D eigenvalue weighted by atomic mass is 35.5. The van der Waals surface area contributed by atoms with Crippen LogP contribution in [-0.2, 0) is 11.3 Å². The zero-order valence-electron chi connectivity index (χ0n) is 12.9. The molecule has 0 unspecified atom stereocenters. The quantitative estimate of drug-likeness (QED) is 0.745. The predicted octanol–water partition coefficient (Wildman–Crippen LogP) is 3.64. The van der Waals surface area contributed by atoms with E-state index in [1.54, 1.807) is 34.5 Å². The first-order valence-electron chi connectivity index (χ1n) is 7.12.